The van der Waals surface area contributed by atoms with Gasteiger partial charge in [0.1, 0.15) is 11.8 Å². The van der Waals surface area contributed by atoms with E-state index >= 15 is 0 Å². The number of imide groups is 1. The fourth-order valence-corrected chi connectivity index (χ4v) is 3.72. The number of fused-ring (bicyclic) bond motifs is 1. The fraction of sp³-hybridized carbons (Fsp3) is 0.286. The van der Waals surface area contributed by atoms with E-state index in [1.165, 1.54) is 4.90 Å². The van der Waals surface area contributed by atoms with Crippen LogP contribution in [0.15, 0.2) is 48.5 Å². The van der Waals surface area contributed by atoms with Crippen LogP contribution in [0, 0.1) is 0 Å². The number of carbonyl (C=O) groups is 3. The molecule has 6 nitrogen and oxygen atoms in total. The molecule has 6 heteroatoms. The molecule has 2 heterocycles. The number of rotatable bonds is 4. The molecule has 0 aliphatic carbocycles. The molecule has 0 saturated carbocycles. The predicted octanol–water partition coefficient (Wildman–Crippen LogP) is 2.37. The third kappa shape index (κ3) is 3.07. The quantitative estimate of drug-likeness (QED) is 0.781. The highest BCUT2D eigenvalue weighted by atomic mass is 16.5. The van der Waals surface area contributed by atoms with Gasteiger partial charge in [0.05, 0.1) is 13.7 Å². The van der Waals surface area contributed by atoms with Gasteiger partial charge in [0.25, 0.3) is 11.8 Å². The Morgan fingerprint density at radius 2 is 1.78 bits per heavy atom. The number of likely N-dealkylation sites (tertiary alicyclic amines) is 1. The molecule has 0 radical (unpaired) electrons. The van der Waals surface area contributed by atoms with Crippen LogP contribution in [0.4, 0.5) is 0 Å². The minimum atomic E-state index is -0.596. The lowest BCUT2D eigenvalue weighted by Crippen LogP contribution is -2.54. The molecule has 1 saturated heterocycles. The molecule has 1 atom stereocenters. The first-order valence-corrected chi connectivity index (χ1v) is 8.94. The summed E-state index contributed by atoms with van der Waals surface area (Å²) in [5.74, 6) is 0.0792. The molecular formula is C21H20N2O4. The van der Waals surface area contributed by atoms with Crippen molar-refractivity contribution < 1.29 is 19.1 Å². The first-order valence-electron chi connectivity index (χ1n) is 8.94. The zero-order valence-corrected chi connectivity index (χ0v) is 15.1. The van der Waals surface area contributed by atoms with E-state index < -0.39 is 6.04 Å². The lowest BCUT2D eigenvalue weighted by molar-refractivity contribution is -0.153. The second-order valence-electron chi connectivity index (χ2n) is 6.81. The number of amides is 3. The molecule has 27 heavy (non-hydrogen) atoms. The van der Waals surface area contributed by atoms with Crippen molar-refractivity contribution in [3.63, 3.8) is 0 Å². The summed E-state index contributed by atoms with van der Waals surface area (Å²) in [7, 11) is 1.59. The summed E-state index contributed by atoms with van der Waals surface area (Å²) >= 11 is 0. The Balaban J connectivity index is 1.53. The second kappa shape index (κ2) is 6.87. The number of nitrogens with zero attached hydrogens (tertiary/aromatic N) is 2. The van der Waals surface area contributed by atoms with Gasteiger partial charge in [-0.3, -0.25) is 19.3 Å². The van der Waals surface area contributed by atoms with Gasteiger partial charge in [0.2, 0.25) is 5.91 Å². The first-order chi connectivity index (χ1) is 13.1. The Morgan fingerprint density at radius 3 is 2.48 bits per heavy atom. The van der Waals surface area contributed by atoms with E-state index in [2.05, 4.69) is 0 Å². The van der Waals surface area contributed by atoms with Crippen LogP contribution >= 0.6 is 0 Å². The number of ether oxygens (including phenoxy) is 1. The molecular weight excluding hydrogens is 344 g/mol. The fourth-order valence-electron chi connectivity index (χ4n) is 3.72. The predicted molar refractivity (Wildman–Crippen MR) is 97.9 cm³/mol. The molecule has 0 aromatic heterocycles. The minimum absolute atomic E-state index is 0.136. The molecule has 2 aromatic rings. The van der Waals surface area contributed by atoms with E-state index in [4.69, 9.17) is 4.74 Å². The van der Waals surface area contributed by atoms with Crippen molar-refractivity contribution in [1.82, 2.24) is 9.80 Å². The molecule has 2 aromatic carbocycles. The van der Waals surface area contributed by atoms with Crippen molar-refractivity contribution in [3.05, 3.63) is 65.2 Å². The summed E-state index contributed by atoms with van der Waals surface area (Å²) in [5.41, 5.74) is 2.41. The van der Waals surface area contributed by atoms with E-state index in [0.29, 0.717) is 24.3 Å². The highest BCUT2D eigenvalue weighted by Crippen LogP contribution is 2.29. The maximum Gasteiger partial charge on any atom is 0.255 e. The van der Waals surface area contributed by atoms with Crippen LogP contribution in [0.2, 0.25) is 0 Å². The van der Waals surface area contributed by atoms with Crippen LogP contribution in [-0.4, -0.2) is 40.7 Å². The molecule has 0 bridgehead atoms. The van der Waals surface area contributed by atoms with Gasteiger partial charge in [-0.2, -0.15) is 0 Å². The summed E-state index contributed by atoms with van der Waals surface area (Å²) in [4.78, 5) is 41.0. The number of hydrogen-bond donors (Lipinski definition) is 0. The molecule has 1 unspecified atom stereocenters. The summed E-state index contributed by atoms with van der Waals surface area (Å²) in [6.45, 7) is 0.614. The summed E-state index contributed by atoms with van der Waals surface area (Å²) in [6, 6.07) is 14.1. The molecule has 3 amide bonds. The summed E-state index contributed by atoms with van der Waals surface area (Å²) in [6.07, 6.45) is 0.628. The van der Waals surface area contributed by atoms with Gasteiger partial charge in [0, 0.05) is 18.5 Å². The van der Waals surface area contributed by atoms with E-state index in [-0.39, 0.29) is 30.7 Å². The van der Waals surface area contributed by atoms with E-state index in [0.717, 1.165) is 11.1 Å². The number of piperidine rings is 1. The molecule has 1 fully saturated rings. The lowest BCUT2D eigenvalue weighted by Gasteiger charge is -2.35. The van der Waals surface area contributed by atoms with Crippen molar-refractivity contribution >= 4 is 17.7 Å². The van der Waals surface area contributed by atoms with Gasteiger partial charge >= 0.3 is 0 Å². The van der Waals surface area contributed by atoms with E-state index in [9.17, 15) is 14.4 Å². The molecule has 2 aliphatic rings. The summed E-state index contributed by atoms with van der Waals surface area (Å²) < 4.78 is 5.14. The van der Waals surface area contributed by atoms with Gasteiger partial charge in [-0.15, -0.1) is 0 Å². The van der Waals surface area contributed by atoms with Crippen LogP contribution in [0.5, 0.6) is 5.75 Å². The lowest BCUT2D eigenvalue weighted by atomic mass is 10.0. The van der Waals surface area contributed by atoms with Crippen LogP contribution in [0.3, 0.4) is 0 Å². The Labute approximate surface area is 157 Å². The zero-order chi connectivity index (χ0) is 19.0. The minimum Gasteiger partial charge on any atom is -0.497 e. The topological polar surface area (TPSA) is 66.9 Å². The molecule has 138 valence electrons. The smallest absolute Gasteiger partial charge is 0.255 e. The number of hydrogen-bond acceptors (Lipinski definition) is 4. The molecule has 2 aliphatic heterocycles. The van der Waals surface area contributed by atoms with Crippen LogP contribution in [-0.2, 0) is 22.7 Å². The highest BCUT2D eigenvalue weighted by molar-refractivity contribution is 6.05. The Morgan fingerprint density at radius 1 is 1.04 bits per heavy atom. The normalized spacial score (nSPS) is 19.4. The van der Waals surface area contributed by atoms with Crippen molar-refractivity contribution in [3.8, 4) is 5.75 Å². The standard InChI is InChI=1S/C21H20N2O4/c1-27-16-8-6-14(7-9-16)12-23-19(24)11-10-18(21(23)26)22-13-15-4-2-3-5-17(15)20(22)25/h2-9,18H,10-13H2,1H3. The Bertz CT molecular complexity index is 907. The third-order valence-corrected chi connectivity index (χ3v) is 5.21. The van der Waals surface area contributed by atoms with Gasteiger partial charge in [-0.25, -0.2) is 0 Å². The van der Waals surface area contributed by atoms with E-state index in [1.54, 1.807) is 30.2 Å². The first kappa shape index (κ1) is 17.3. The molecule has 0 N–H and O–H groups in total. The second-order valence-corrected chi connectivity index (χ2v) is 6.81. The van der Waals surface area contributed by atoms with Gasteiger partial charge in [-0.05, 0) is 35.7 Å². The van der Waals surface area contributed by atoms with Gasteiger partial charge in [0.15, 0.2) is 0 Å². The Hall–Kier alpha value is -3.15. The third-order valence-electron chi connectivity index (χ3n) is 5.21. The number of carbonyl (C=O) groups excluding carboxylic acids is 3. The number of benzene rings is 2. The molecule has 0 spiro atoms. The van der Waals surface area contributed by atoms with Gasteiger partial charge < -0.3 is 9.64 Å². The summed E-state index contributed by atoms with van der Waals surface area (Å²) in [5, 5.41) is 0. The zero-order valence-electron chi connectivity index (χ0n) is 15.1. The Kier molecular flexibility index (Phi) is 4.39. The van der Waals surface area contributed by atoms with Crippen LogP contribution < -0.4 is 4.74 Å². The maximum atomic E-state index is 13.0. The SMILES string of the molecule is COc1ccc(CN2C(=O)CCC(N3Cc4ccccc4C3=O)C2=O)cc1. The number of methoxy groups -OCH3 is 1. The largest absolute Gasteiger partial charge is 0.497 e. The van der Waals surface area contributed by atoms with Crippen molar-refractivity contribution in [2.24, 2.45) is 0 Å². The molecule has 4 rings (SSSR count). The average Bonchev–Trinajstić information content (AvgIpc) is 3.02. The van der Waals surface area contributed by atoms with Crippen molar-refractivity contribution in [1.29, 1.82) is 0 Å². The monoisotopic (exact) mass is 364 g/mol. The van der Waals surface area contributed by atoms with Gasteiger partial charge in [-0.1, -0.05) is 30.3 Å². The van der Waals surface area contributed by atoms with Crippen LogP contribution in [0.25, 0.3) is 0 Å². The van der Waals surface area contributed by atoms with Crippen molar-refractivity contribution in [2.75, 3.05) is 7.11 Å². The highest BCUT2D eigenvalue weighted by Gasteiger charge is 2.42. The average molecular weight is 364 g/mol. The maximum absolute atomic E-state index is 13.0. The van der Waals surface area contributed by atoms with E-state index in [1.807, 2.05) is 30.3 Å². The van der Waals surface area contributed by atoms with Crippen LogP contribution in [0.1, 0.15) is 34.3 Å². The van der Waals surface area contributed by atoms with Crippen molar-refractivity contribution in [2.45, 2.75) is 32.0 Å².